The SMILES string of the molecule is O=c1c(NCC2(O)CCCC2)c(Cl)cnn1CC1CC1. The molecular weight excluding hydrogens is 278 g/mol. The third-order valence-corrected chi connectivity index (χ3v) is 4.54. The van der Waals surface area contributed by atoms with E-state index in [1.807, 2.05) is 0 Å². The molecule has 5 nitrogen and oxygen atoms in total. The van der Waals surface area contributed by atoms with Crippen LogP contribution in [0.1, 0.15) is 38.5 Å². The number of hydrogen-bond donors (Lipinski definition) is 2. The molecule has 2 aliphatic rings. The van der Waals surface area contributed by atoms with Crippen molar-refractivity contribution >= 4 is 17.3 Å². The Bertz CT molecular complexity index is 548. The molecule has 0 bridgehead atoms. The van der Waals surface area contributed by atoms with Gasteiger partial charge in [0.15, 0.2) is 0 Å². The van der Waals surface area contributed by atoms with Crippen LogP contribution < -0.4 is 10.9 Å². The van der Waals surface area contributed by atoms with Gasteiger partial charge in [-0.25, -0.2) is 4.68 Å². The molecule has 1 aromatic rings. The third kappa shape index (κ3) is 2.99. The smallest absolute Gasteiger partial charge is 0.291 e. The zero-order valence-electron chi connectivity index (χ0n) is 11.4. The van der Waals surface area contributed by atoms with Crippen LogP contribution in [0.4, 0.5) is 5.69 Å². The van der Waals surface area contributed by atoms with Gasteiger partial charge in [0, 0.05) is 13.1 Å². The van der Waals surface area contributed by atoms with Crippen molar-refractivity contribution in [2.75, 3.05) is 11.9 Å². The molecule has 2 aliphatic carbocycles. The minimum Gasteiger partial charge on any atom is -0.388 e. The molecule has 0 saturated heterocycles. The van der Waals surface area contributed by atoms with Crippen molar-refractivity contribution in [3.05, 3.63) is 21.6 Å². The molecule has 3 rings (SSSR count). The predicted octanol–water partition coefficient (Wildman–Crippen LogP) is 2.02. The van der Waals surface area contributed by atoms with E-state index in [9.17, 15) is 9.90 Å². The van der Waals surface area contributed by atoms with Gasteiger partial charge in [-0.1, -0.05) is 24.4 Å². The molecule has 2 saturated carbocycles. The van der Waals surface area contributed by atoms with Crippen LogP contribution in [0.25, 0.3) is 0 Å². The summed E-state index contributed by atoms with van der Waals surface area (Å²) in [6.07, 6.45) is 7.46. The fourth-order valence-corrected chi connectivity index (χ4v) is 2.96. The Morgan fingerprint density at radius 1 is 1.45 bits per heavy atom. The lowest BCUT2D eigenvalue weighted by Crippen LogP contribution is -2.36. The average molecular weight is 298 g/mol. The lowest BCUT2D eigenvalue weighted by Gasteiger charge is -2.23. The summed E-state index contributed by atoms with van der Waals surface area (Å²) in [6.45, 7) is 1.03. The number of nitrogens with one attached hydrogen (secondary N) is 1. The highest BCUT2D eigenvalue weighted by molar-refractivity contribution is 6.32. The summed E-state index contributed by atoms with van der Waals surface area (Å²) < 4.78 is 1.48. The van der Waals surface area contributed by atoms with E-state index in [4.69, 9.17) is 11.6 Å². The van der Waals surface area contributed by atoms with E-state index < -0.39 is 5.60 Å². The Balaban J connectivity index is 1.75. The maximum atomic E-state index is 12.3. The summed E-state index contributed by atoms with van der Waals surface area (Å²) in [4.78, 5) is 12.3. The van der Waals surface area contributed by atoms with E-state index in [1.54, 1.807) is 0 Å². The fourth-order valence-electron chi connectivity index (χ4n) is 2.77. The highest BCUT2D eigenvalue weighted by Gasteiger charge is 2.31. The molecule has 2 N–H and O–H groups in total. The topological polar surface area (TPSA) is 67.2 Å². The standard InChI is InChI=1S/C14H20ClN3O2/c15-11-7-17-18(8-10-3-4-10)13(19)12(11)16-9-14(20)5-1-2-6-14/h7,10,16,20H,1-6,8-9H2. The molecule has 0 unspecified atom stereocenters. The first-order chi connectivity index (χ1) is 9.57. The van der Waals surface area contributed by atoms with Gasteiger partial charge in [-0.2, -0.15) is 5.10 Å². The number of halogens is 1. The van der Waals surface area contributed by atoms with Crippen LogP contribution in [0.2, 0.25) is 5.02 Å². The number of anilines is 1. The normalized spacial score (nSPS) is 21.1. The quantitative estimate of drug-likeness (QED) is 0.872. The van der Waals surface area contributed by atoms with Crippen molar-refractivity contribution in [3.63, 3.8) is 0 Å². The summed E-state index contributed by atoms with van der Waals surface area (Å²) in [6, 6.07) is 0. The van der Waals surface area contributed by atoms with Gasteiger partial charge in [0.1, 0.15) is 5.69 Å². The Hall–Kier alpha value is -1.07. The Morgan fingerprint density at radius 3 is 2.80 bits per heavy atom. The summed E-state index contributed by atoms with van der Waals surface area (Å²) in [5.41, 5.74) is -0.533. The van der Waals surface area contributed by atoms with Crippen LogP contribution in [0.15, 0.2) is 11.0 Å². The van der Waals surface area contributed by atoms with Gasteiger partial charge in [0.25, 0.3) is 5.56 Å². The van der Waals surface area contributed by atoms with Crippen LogP contribution in [-0.2, 0) is 6.54 Å². The van der Waals surface area contributed by atoms with E-state index in [2.05, 4.69) is 10.4 Å². The van der Waals surface area contributed by atoms with Gasteiger partial charge in [-0.15, -0.1) is 0 Å². The van der Waals surface area contributed by atoms with Crippen molar-refractivity contribution in [2.24, 2.45) is 5.92 Å². The second-order valence-electron chi connectivity index (χ2n) is 6.08. The lowest BCUT2D eigenvalue weighted by molar-refractivity contribution is 0.0614. The molecule has 1 heterocycles. The number of aromatic nitrogens is 2. The number of hydrogen-bond acceptors (Lipinski definition) is 4. The summed E-state index contributed by atoms with van der Waals surface area (Å²) in [7, 11) is 0. The van der Waals surface area contributed by atoms with E-state index in [0.29, 0.717) is 29.7 Å². The first-order valence-corrected chi connectivity index (χ1v) is 7.67. The lowest BCUT2D eigenvalue weighted by atomic mass is 10.0. The van der Waals surface area contributed by atoms with Gasteiger partial charge in [0.05, 0.1) is 16.8 Å². The summed E-state index contributed by atoms with van der Waals surface area (Å²) in [5, 5.41) is 17.8. The molecule has 110 valence electrons. The van der Waals surface area contributed by atoms with Crippen molar-refractivity contribution in [1.82, 2.24) is 9.78 Å². The van der Waals surface area contributed by atoms with Crippen molar-refractivity contribution < 1.29 is 5.11 Å². The molecule has 0 atom stereocenters. The van der Waals surface area contributed by atoms with Crippen LogP contribution in [0.5, 0.6) is 0 Å². The highest BCUT2D eigenvalue weighted by Crippen LogP contribution is 2.31. The predicted molar refractivity (Wildman–Crippen MR) is 78.1 cm³/mol. The van der Waals surface area contributed by atoms with Gasteiger partial charge in [0.2, 0.25) is 0 Å². The largest absolute Gasteiger partial charge is 0.388 e. The van der Waals surface area contributed by atoms with E-state index >= 15 is 0 Å². The molecule has 0 amide bonds. The van der Waals surface area contributed by atoms with Crippen LogP contribution >= 0.6 is 11.6 Å². The summed E-state index contributed by atoms with van der Waals surface area (Å²) >= 11 is 6.06. The van der Waals surface area contributed by atoms with E-state index in [0.717, 1.165) is 25.7 Å². The first-order valence-electron chi connectivity index (χ1n) is 7.29. The second-order valence-corrected chi connectivity index (χ2v) is 6.49. The summed E-state index contributed by atoms with van der Waals surface area (Å²) in [5.74, 6) is 0.577. The van der Waals surface area contributed by atoms with Gasteiger partial charge in [-0.3, -0.25) is 4.79 Å². The molecule has 6 heteroatoms. The maximum absolute atomic E-state index is 12.3. The molecule has 2 fully saturated rings. The minimum absolute atomic E-state index is 0.189. The van der Waals surface area contributed by atoms with Crippen molar-refractivity contribution in [3.8, 4) is 0 Å². The molecule has 1 aromatic heterocycles. The second kappa shape index (κ2) is 5.37. The molecule has 0 spiro atoms. The zero-order valence-corrected chi connectivity index (χ0v) is 12.2. The number of aliphatic hydroxyl groups is 1. The van der Waals surface area contributed by atoms with Gasteiger partial charge in [-0.05, 0) is 31.6 Å². The van der Waals surface area contributed by atoms with Crippen LogP contribution in [-0.4, -0.2) is 27.0 Å². The number of nitrogens with zero attached hydrogens (tertiary/aromatic N) is 2. The maximum Gasteiger partial charge on any atom is 0.291 e. The molecule has 0 aromatic carbocycles. The Labute approximate surface area is 122 Å². The monoisotopic (exact) mass is 297 g/mol. The van der Waals surface area contributed by atoms with Gasteiger partial charge < -0.3 is 10.4 Å². The van der Waals surface area contributed by atoms with E-state index in [1.165, 1.54) is 23.7 Å². The molecule has 20 heavy (non-hydrogen) atoms. The molecule has 0 radical (unpaired) electrons. The Morgan fingerprint density at radius 2 is 2.15 bits per heavy atom. The Kier molecular flexibility index (Phi) is 3.73. The minimum atomic E-state index is -0.708. The zero-order chi connectivity index (χ0) is 14.2. The molecular formula is C14H20ClN3O2. The highest BCUT2D eigenvalue weighted by atomic mass is 35.5. The third-order valence-electron chi connectivity index (χ3n) is 4.25. The fraction of sp³-hybridized carbons (Fsp3) is 0.714. The number of rotatable bonds is 5. The van der Waals surface area contributed by atoms with Crippen molar-refractivity contribution in [2.45, 2.75) is 50.7 Å². The average Bonchev–Trinajstić information content (AvgIpc) is 3.13. The first kappa shape index (κ1) is 13.9. The molecule has 0 aliphatic heterocycles. The van der Waals surface area contributed by atoms with E-state index in [-0.39, 0.29) is 5.56 Å². The van der Waals surface area contributed by atoms with Gasteiger partial charge >= 0.3 is 0 Å². The van der Waals surface area contributed by atoms with Crippen molar-refractivity contribution in [1.29, 1.82) is 0 Å². The van der Waals surface area contributed by atoms with Crippen LogP contribution in [0, 0.1) is 5.92 Å². The van der Waals surface area contributed by atoms with Crippen LogP contribution in [0.3, 0.4) is 0 Å².